The molecule has 2 atom stereocenters. The van der Waals surface area contributed by atoms with E-state index in [1.165, 1.54) is 15.6 Å². The van der Waals surface area contributed by atoms with Gasteiger partial charge in [0.15, 0.2) is 0 Å². The van der Waals surface area contributed by atoms with Crippen LogP contribution in [0.1, 0.15) is 30.7 Å². The molecule has 0 spiro atoms. The van der Waals surface area contributed by atoms with Gasteiger partial charge in [0.2, 0.25) is 0 Å². The summed E-state index contributed by atoms with van der Waals surface area (Å²) in [5.41, 5.74) is 7.30. The molecule has 1 aliphatic carbocycles. The van der Waals surface area contributed by atoms with Gasteiger partial charge in [-0.1, -0.05) is 11.6 Å². The Labute approximate surface area is 103 Å². The summed E-state index contributed by atoms with van der Waals surface area (Å²) in [5.74, 6) is 0.621. The molecule has 1 fully saturated rings. The molecule has 0 radical (unpaired) electrons. The van der Waals surface area contributed by atoms with Gasteiger partial charge in [0.05, 0.1) is 0 Å². The lowest BCUT2D eigenvalue weighted by Crippen LogP contribution is -2.14. The first kappa shape index (κ1) is 10.7. The molecule has 3 heteroatoms. The predicted molar refractivity (Wildman–Crippen MR) is 68.7 cm³/mol. The zero-order chi connectivity index (χ0) is 10.1. The van der Waals surface area contributed by atoms with E-state index in [1.54, 1.807) is 0 Å². The maximum atomic E-state index is 6.00. The van der Waals surface area contributed by atoms with Crippen LogP contribution in [0.5, 0.6) is 0 Å². The second-order valence-corrected chi connectivity index (χ2v) is 5.53. The predicted octanol–water partition coefficient (Wildman–Crippen LogP) is 3.54. The lowest BCUT2D eigenvalue weighted by Gasteiger charge is -2.12. The molecule has 0 aromatic heterocycles. The Balaban J connectivity index is 2.27. The van der Waals surface area contributed by atoms with Gasteiger partial charge in [-0.25, -0.2) is 0 Å². The van der Waals surface area contributed by atoms with Crippen molar-refractivity contribution in [1.29, 1.82) is 0 Å². The Kier molecular flexibility index (Phi) is 3.34. The Morgan fingerprint density at radius 1 is 1.36 bits per heavy atom. The highest BCUT2D eigenvalue weighted by atomic mass is 127. The number of rotatable bonds is 1. The van der Waals surface area contributed by atoms with E-state index < -0.39 is 0 Å². The first-order valence-corrected chi connectivity index (χ1v) is 6.33. The molecular formula is C11H13ClIN. The smallest absolute Gasteiger partial charge is 0.0409 e. The first-order chi connectivity index (χ1) is 6.66. The normalized spacial score (nSPS) is 26.8. The molecule has 2 rings (SSSR count). The molecular weight excluding hydrogens is 308 g/mol. The highest BCUT2D eigenvalue weighted by Crippen LogP contribution is 2.36. The molecule has 2 N–H and O–H groups in total. The molecule has 1 aromatic rings. The summed E-state index contributed by atoms with van der Waals surface area (Å²) < 4.78 is 1.31. The molecule has 1 nitrogen and oxygen atoms in total. The Morgan fingerprint density at radius 2 is 2.14 bits per heavy atom. The van der Waals surface area contributed by atoms with Crippen LogP contribution in [-0.4, -0.2) is 6.04 Å². The summed E-state index contributed by atoms with van der Waals surface area (Å²) in [4.78, 5) is 0. The Bertz CT molecular complexity index is 340. The van der Waals surface area contributed by atoms with E-state index >= 15 is 0 Å². The van der Waals surface area contributed by atoms with Gasteiger partial charge in [-0.3, -0.25) is 0 Å². The van der Waals surface area contributed by atoms with Crippen molar-refractivity contribution < 1.29 is 0 Å². The van der Waals surface area contributed by atoms with Crippen LogP contribution in [0.4, 0.5) is 0 Å². The van der Waals surface area contributed by atoms with Crippen molar-refractivity contribution in [3.8, 4) is 0 Å². The van der Waals surface area contributed by atoms with Crippen molar-refractivity contribution in [1.82, 2.24) is 0 Å². The number of nitrogens with two attached hydrogens (primary N) is 1. The largest absolute Gasteiger partial charge is 0.328 e. The molecule has 0 aliphatic heterocycles. The molecule has 1 aliphatic rings. The average molecular weight is 322 g/mol. The summed E-state index contributed by atoms with van der Waals surface area (Å²) in [5, 5.41) is 0.834. The van der Waals surface area contributed by atoms with E-state index in [1.807, 2.05) is 6.07 Å². The van der Waals surface area contributed by atoms with E-state index in [2.05, 4.69) is 34.7 Å². The van der Waals surface area contributed by atoms with Crippen LogP contribution in [0.2, 0.25) is 5.02 Å². The maximum absolute atomic E-state index is 6.00. The molecule has 1 saturated carbocycles. The van der Waals surface area contributed by atoms with Crippen molar-refractivity contribution in [2.75, 3.05) is 0 Å². The van der Waals surface area contributed by atoms with Gasteiger partial charge in [0.25, 0.3) is 0 Å². The fraction of sp³-hybridized carbons (Fsp3) is 0.455. The van der Waals surface area contributed by atoms with Gasteiger partial charge in [0, 0.05) is 14.6 Å². The van der Waals surface area contributed by atoms with Gasteiger partial charge in [-0.15, -0.1) is 0 Å². The Hall–Kier alpha value is 0.200. The standard InChI is InChI=1S/C11H13ClIN/c12-8-2-4-11(13)10(6-8)7-1-3-9(14)5-7/h2,4,6-7,9H,1,3,5,14H2. The van der Waals surface area contributed by atoms with E-state index in [-0.39, 0.29) is 0 Å². The highest BCUT2D eigenvalue weighted by Gasteiger charge is 2.24. The fourth-order valence-electron chi connectivity index (χ4n) is 2.13. The van der Waals surface area contributed by atoms with Crippen molar-refractivity contribution in [3.05, 3.63) is 32.4 Å². The van der Waals surface area contributed by atoms with Crippen molar-refractivity contribution in [2.45, 2.75) is 31.2 Å². The quantitative estimate of drug-likeness (QED) is 0.787. The minimum Gasteiger partial charge on any atom is -0.328 e. The Morgan fingerprint density at radius 3 is 2.79 bits per heavy atom. The molecule has 0 bridgehead atoms. The lowest BCUT2D eigenvalue weighted by atomic mass is 9.98. The lowest BCUT2D eigenvalue weighted by molar-refractivity contribution is 0.673. The zero-order valence-electron chi connectivity index (χ0n) is 7.84. The SMILES string of the molecule is NC1CCC(c2cc(Cl)ccc2I)C1. The molecule has 1 aromatic carbocycles. The number of benzene rings is 1. The third-order valence-electron chi connectivity index (χ3n) is 2.87. The minimum atomic E-state index is 0.384. The first-order valence-electron chi connectivity index (χ1n) is 4.87. The van der Waals surface area contributed by atoms with E-state index in [9.17, 15) is 0 Å². The van der Waals surface area contributed by atoms with Gasteiger partial charge in [-0.05, 0) is 71.5 Å². The highest BCUT2D eigenvalue weighted by molar-refractivity contribution is 14.1. The van der Waals surface area contributed by atoms with Crippen molar-refractivity contribution >= 4 is 34.2 Å². The summed E-state index contributed by atoms with van der Waals surface area (Å²) in [7, 11) is 0. The van der Waals surface area contributed by atoms with Gasteiger partial charge in [0.1, 0.15) is 0 Å². The van der Waals surface area contributed by atoms with Crippen LogP contribution < -0.4 is 5.73 Å². The van der Waals surface area contributed by atoms with Crippen LogP contribution in [0.25, 0.3) is 0 Å². The minimum absolute atomic E-state index is 0.384. The summed E-state index contributed by atoms with van der Waals surface area (Å²) in [6.07, 6.45) is 3.46. The second-order valence-electron chi connectivity index (χ2n) is 3.94. The van der Waals surface area contributed by atoms with Gasteiger partial charge >= 0.3 is 0 Å². The third-order valence-corrected chi connectivity index (χ3v) is 4.09. The van der Waals surface area contributed by atoms with Crippen LogP contribution >= 0.6 is 34.2 Å². The second kappa shape index (κ2) is 4.37. The topological polar surface area (TPSA) is 26.0 Å². The van der Waals surface area contributed by atoms with Crippen LogP contribution in [0.3, 0.4) is 0 Å². The van der Waals surface area contributed by atoms with E-state index in [0.717, 1.165) is 17.9 Å². The van der Waals surface area contributed by atoms with E-state index in [0.29, 0.717) is 12.0 Å². The molecule has 14 heavy (non-hydrogen) atoms. The fourth-order valence-corrected chi connectivity index (χ4v) is 3.08. The molecule has 0 saturated heterocycles. The molecule has 0 heterocycles. The van der Waals surface area contributed by atoms with Gasteiger partial charge in [-0.2, -0.15) is 0 Å². The summed E-state index contributed by atoms with van der Waals surface area (Å²) in [6.45, 7) is 0. The molecule has 2 unspecified atom stereocenters. The van der Waals surface area contributed by atoms with Crippen molar-refractivity contribution in [3.63, 3.8) is 0 Å². The monoisotopic (exact) mass is 321 g/mol. The zero-order valence-corrected chi connectivity index (χ0v) is 10.8. The van der Waals surface area contributed by atoms with Gasteiger partial charge < -0.3 is 5.73 Å². The molecule has 76 valence electrons. The number of hydrogen-bond acceptors (Lipinski definition) is 1. The third kappa shape index (κ3) is 2.23. The molecule has 0 amide bonds. The summed E-state index contributed by atoms with van der Waals surface area (Å²) >= 11 is 8.37. The average Bonchev–Trinajstić information content (AvgIpc) is 2.56. The number of hydrogen-bond donors (Lipinski definition) is 1. The van der Waals surface area contributed by atoms with Crippen LogP contribution in [0.15, 0.2) is 18.2 Å². The van der Waals surface area contributed by atoms with Crippen LogP contribution in [-0.2, 0) is 0 Å². The van der Waals surface area contributed by atoms with Crippen molar-refractivity contribution in [2.24, 2.45) is 5.73 Å². The van der Waals surface area contributed by atoms with Crippen LogP contribution in [0, 0.1) is 3.57 Å². The van der Waals surface area contributed by atoms with E-state index in [4.69, 9.17) is 17.3 Å². The summed E-state index contributed by atoms with van der Waals surface area (Å²) in [6, 6.07) is 6.50. The number of halogens is 2. The maximum Gasteiger partial charge on any atom is 0.0409 e.